The number of nitrogens with two attached hydrogens (primary N) is 1. The molecular weight excluding hydrogens is 256 g/mol. The standard InChI is InChI=1S/C10H12N4O3S/c1-7-9(5-8(6-11)17-7)18(15,16)14-10-12-3-2-4-13-10/h2-5H,6,11H2,1H3,(H,12,13,14). The molecule has 2 rings (SSSR count). The maximum Gasteiger partial charge on any atom is 0.267 e. The Labute approximate surface area is 104 Å². The zero-order chi connectivity index (χ0) is 13.2. The van der Waals surface area contributed by atoms with E-state index >= 15 is 0 Å². The molecule has 18 heavy (non-hydrogen) atoms. The van der Waals surface area contributed by atoms with Crippen LogP contribution in [0.15, 0.2) is 33.8 Å². The molecule has 0 aliphatic carbocycles. The number of nitrogens with one attached hydrogen (secondary N) is 1. The van der Waals surface area contributed by atoms with E-state index in [1.165, 1.54) is 18.5 Å². The molecule has 0 unspecified atom stereocenters. The zero-order valence-electron chi connectivity index (χ0n) is 9.62. The molecule has 0 radical (unpaired) electrons. The molecule has 8 heteroatoms. The number of aryl methyl sites for hydroxylation is 1. The average molecular weight is 268 g/mol. The predicted octanol–water partition coefficient (Wildman–Crippen LogP) is 0.638. The first kappa shape index (κ1) is 12.5. The van der Waals surface area contributed by atoms with Crippen molar-refractivity contribution in [2.24, 2.45) is 5.73 Å². The van der Waals surface area contributed by atoms with Gasteiger partial charge in [0.2, 0.25) is 5.95 Å². The molecule has 2 aromatic heterocycles. The molecule has 0 aliphatic rings. The van der Waals surface area contributed by atoms with Crippen LogP contribution in [0.25, 0.3) is 0 Å². The van der Waals surface area contributed by atoms with Crippen molar-refractivity contribution in [3.63, 3.8) is 0 Å². The minimum Gasteiger partial charge on any atom is -0.464 e. The molecule has 96 valence electrons. The summed E-state index contributed by atoms with van der Waals surface area (Å²) in [6.45, 7) is 1.69. The first-order valence-electron chi connectivity index (χ1n) is 5.12. The topological polar surface area (TPSA) is 111 Å². The van der Waals surface area contributed by atoms with Gasteiger partial charge in [0.25, 0.3) is 10.0 Å². The Balaban J connectivity index is 2.34. The highest BCUT2D eigenvalue weighted by Crippen LogP contribution is 2.21. The van der Waals surface area contributed by atoms with Crippen LogP contribution in [-0.4, -0.2) is 18.4 Å². The second kappa shape index (κ2) is 4.75. The van der Waals surface area contributed by atoms with Crippen molar-refractivity contribution in [1.29, 1.82) is 0 Å². The molecule has 3 N–H and O–H groups in total. The molecule has 2 aromatic rings. The molecule has 0 fully saturated rings. The third kappa shape index (κ3) is 2.49. The number of furan rings is 1. The van der Waals surface area contributed by atoms with Crippen molar-refractivity contribution in [3.05, 3.63) is 36.0 Å². The van der Waals surface area contributed by atoms with E-state index in [0.717, 1.165) is 0 Å². The Hall–Kier alpha value is -1.93. The van der Waals surface area contributed by atoms with Crippen LogP contribution < -0.4 is 10.5 Å². The highest BCUT2D eigenvalue weighted by Gasteiger charge is 2.22. The van der Waals surface area contributed by atoms with Gasteiger partial charge in [-0.05, 0) is 13.0 Å². The Kier molecular flexibility index (Phi) is 3.30. The summed E-state index contributed by atoms with van der Waals surface area (Å²) in [5.74, 6) is 0.688. The van der Waals surface area contributed by atoms with Gasteiger partial charge in [-0.3, -0.25) is 0 Å². The Morgan fingerprint density at radius 3 is 2.61 bits per heavy atom. The number of hydrogen-bond acceptors (Lipinski definition) is 6. The number of anilines is 1. The van der Waals surface area contributed by atoms with Gasteiger partial charge >= 0.3 is 0 Å². The first-order chi connectivity index (χ1) is 8.53. The van der Waals surface area contributed by atoms with Gasteiger partial charge in [-0.2, -0.15) is 0 Å². The quantitative estimate of drug-likeness (QED) is 0.841. The summed E-state index contributed by atoms with van der Waals surface area (Å²) >= 11 is 0. The van der Waals surface area contributed by atoms with Crippen LogP contribution in [0.4, 0.5) is 5.95 Å². The summed E-state index contributed by atoms with van der Waals surface area (Å²) in [4.78, 5) is 7.62. The van der Waals surface area contributed by atoms with E-state index in [2.05, 4.69) is 14.7 Å². The fourth-order valence-electron chi connectivity index (χ4n) is 1.42. The van der Waals surface area contributed by atoms with E-state index in [0.29, 0.717) is 5.76 Å². The summed E-state index contributed by atoms with van der Waals surface area (Å²) in [6.07, 6.45) is 2.89. The molecule has 0 bridgehead atoms. The molecule has 0 spiro atoms. The van der Waals surface area contributed by atoms with Gasteiger partial charge in [0.1, 0.15) is 16.4 Å². The fraction of sp³-hybridized carbons (Fsp3) is 0.200. The molecule has 0 aromatic carbocycles. The Morgan fingerprint density at radius 2 is 2.06 bits per heavy atom. The highest BCUT2D eigenvalue weighted by molar-refractivity contribution is 7.92. The smallest absolute Gasteiger partial charge is 0.267 e. The molecule has 0 aliphatic heterocycles. The molecule has 0 saturated carbocycles. The number of aromatic nitrogens is 2. The van der Waals surface area contributed by atoms with Crippen LogP contribution in [0.1, 0.15) is 11.5 Å². The van der Waals surface area contributed by atoms with Gasteiger partial charge in [-0.15, -0.1) is 0 Å². The lowest BCUT2D eigenvalue weighted by molar-refractivity contribution is 0.479. The molecule has 0 amide bonds. The number of sulfonamides is 1. The minimum atomic E-state index is -3.76. The number of rotatable bonds is 4. The second-order valence-electron chi connectivity index (χ2n) is 3.52. The normalized spacial score (nSPS) is 11.4. The Bertz CT molecular complexity index is 636. The number of hydrogen-bond donors (Lipinski definition) is 2. The van der Waals surface area contributed by atoms with Gasteiger partial charge in [-0.1, -0.05) is 0 Å². The van der Waals surface area contributed by atoms with Crippen LogP contribution in [0.5, 0.6) is 0 Å². The van der Waals surface area contributed by atoms with Crippen molar-refractivity contribution in [1.82, 2.24) is 9.97 Å². The van der Waals surface area contributed by atoms with Crippen molar-refractivity contribution in [2.45, 2.75) is 18.4 Å². The van der Waals surface area contributed by atoms with Gasteiger partial charge in [0, 0.05) is 18.5 Å². The lowest BCUT2D eigenvalue weighted by Crippen LogP contribution is -2.15. The SMILES string of the molecule is Cc1oc(CN)cc1S(=O)(=O)Nc1ncccn1. The third-order valence-electron chi connectivity index (χ3n) is 2.21. The van der Waals surface area contributed by atoms with Crippen LogP contribution in [0.3, 0.4) is 0 Å². The van der Waals surface area contributed by atoms with Gasteiger partial charge in [0.05, 0.1) is 6.54 Å². The fourth-order valence-corrected chi connectivity index (χ4v) is 2.58. The van der Waals surface area contributed by atoms with Gasteiger partial charge < -0.3 is 10.2 Å². The van der Waals surface area contributed by atoms with Crippen molar-refractivity contribution < 1.29 is 12.8 Å². The highest BCUT2D eigenvalue weighted by atomic mass is 32.2. The van der Waals surface area contributed by atoms with E-state index < -0.39 is 10.0 Å². The lowest BCUT2D eigenvalue weighted by atomic mass is 10.4. The van der Waals surface area contributed by atoms with Crippen LogP contribution >= 0.6 is 0 Å². The molecule has 7 nitrogen and oxygen atoms in total. The summed E-state index contributed by atoms with van der Waals surface area (Å²) in [5.41, 5.74) is 5.39. The summed E-state index contributed by atoms with van der Waals surface area (Å²) < 4.78 is 31.6. The monoisotopic (exact) mass is 268 g/mol. The van der Waals surface area contributed by atoms with Gasteiger partial charge in [0.15, 0.2) is 0 Å². The van der Waals surface area contributed by atoms with Crippen molar-refractivity contribution in [3.8, 4) is 0 Å². The van der Waals surface area contributed by atoms with E-state index in [9.17, 15) is 8.42 Å². The molecule has 0 atom stereocenters. The predicted molar refractivity (Wildman–Crippen MR) is 64.2 cm³/mol. The maximum absolute atomic E-state index is 12.1. The second-order valence-corrected chi connectivity index (χ2v) is 5.17. The maximum atomic E-state index is 12.1. The molecule has 0 saturated heterocycles. The summed E-state index contributed by atoms with van der Waals surface area (Å²) in [7, 11) is -3.76. The van der Waals surface area contributed by atoms with Crippen LogP contribution in [0, 0.1) is 6.92 Å². The molecular formula is C10H12N4O3S. The lowest BCUT2D eigenvalue weighted by Gasteiger charge is -2.04. The largest absolute Gasteiger partial charge is 0.464 e. The van der Waals surface area contributed by atoms with E-state index in [-0.39, 0.29) is 23.1 Å². The third-order valence-corrected chi connectivity index (χ3v) is 3.64. The van der Waals surface area contributed by atoms with Crippen LogP contribution in [0.2, 0.25) is 0 Å². The van der Waals surface area contributed by atoms with Gasteiger partial charge in [-0.25, -0.2) is 23.1 Å². The van der Waals surface area contributed by atoms with E-state index in [1.54, 1.807) is 13.0 Å². The summed E-state index contributed by atoms with van der Waals surface area (Å²) in [6, 6.07) is 2.98. The van der Waals surface area contributed by atoms with Crippen molar-refractivity contribution in [2.75, 3.05) is 4.72 Å². The van der Waals surface area contributed by atoms with E-state index in [1.807, 2.05) is 0 Å². The first-order valence-corrected chi connectivity index (χ1v) is 6.60. The minimum absolute atomic E-state index is 0.00685. The average Bonchev–Trinajstić information content (AvgIpc) is 2.72. The number of nitrogens with zero attached hydrogens (tertiary/aromatic N) is 2. The van der Waals surface area contributed by atoms with E-state index in [4.69, 9.17) is 10.2 Å². The zero-order valence-corrected chi connectivity index (χ0v) is 10.4. The molecule has 2 heterocycles. The van der Waals surface area contributed by atoms with Crippen LogP contribution in [-0.2, 0) is 16.6 Å². The van der Waals surface area contributed by atoms with Crippen molar-refractivity contribution >= 4 is 16.0 Å². The Morgan fingerprint density at radius 1 is 1.39 bits per heavy atom. The summed E-state index contributed by atoms with van der Waals surface area (Å²) in [5, 5.41) is 0.